The number of imidazole rings is 1. The number of ether oxygens (including phenoxy) is 2. The third-order valence-corrected chi connectivity index (χ3v) is 13.7. The van der Waals surface area contributed by atoms with Gasteiger partial charge in [-0.25, -0.2) is 9.78 Å². The second-order valence-electron chi connectivity index (χ2n) is 16.8. The zero-order valence-electron chi connectivity index (χ0n) is 30.4. The van der Waals surface area contributed by atoms with E-state index in [1.807, 2.05) is 13.8 Å². The smallest absolute Gasteiger partial charge is 0.328 e. The van der Waals surface area contributed by atoms with Crippen molar-refractivity contribution in [2.24, 2.45) is 52.3 Å². The maximum Gasteiger partial charge on any atom is 0.328 e. The highest BCUT2D eigenvalue weighted by Gasteiger charge is 2.62. The average molecular weight is 699 g/mol. The molecule has 13 heteroatoms. The van der Waals surface area contributed by atoms with Crippen LogP contribution >= 0.6 is 0 Å². The molecule has 6 N–H and O–H groups in total. The minimum Gasteiger partial charge on any atom is -0.462 e. The normalized spacial score (nSPS) is 34.8. The van der Waals surface area contributed by atoms with Crippen LogP contribution in [0.1, 0.15) is 98.8 Å². The molecule has 2 aromatic rings. The molecule has 10 unspecified atom stereocenters. The Kier molecular flexibility index (Phi) is 10.7. The van der Waals surface area contributed by atoms with Gasteiger partial charge >= 0.3 is 5.97 Å². The number of rotatable bonds is 12. The number of carbonyl (C=O) groups excluding carboxylic acids is 2. The molecule has 13 nitrogen and oxygen atoms in total. The largest absolute Gasteiger partial charge is 0.462 e. The average Bonchev–Trinajstić information content (AvgIpc) is 3.63. The van der Waals surface area contributed by atoms with Gasteiger partial charge in [-0.1, -0.05) is 34.6 Å². The van der Waals surface area contributed by atoms with Gasteiger partial charge in [-0.3, -0.25) is 19.1 Å². The number of hydrogen-bond acceptors (Lipinski definition) is 10. The first-order valence-electron chi connectivity index (χ1n) is 18.8. The summed E-state index contributed by atoms with van der Waals surface area (Å²) in [6.07, 6.45) is 10.1. The highest BCUT2D eigenvalue weighted by molar-refractivity contribution is 5.84. The molecule has 4 fully saturated rings. The Labute approximate surface area is 294 Å². The summed E-state index contributed by atoms with van der Waals surface area (Å²) in [4.78, 5) is 48.7. The Bertz CT molecular complexity index is 1590. The van der Waals surface area contributed by atoms with Crippen LogP contribution in [0.25, 0.3) is 11.2 Å². The molecule has 0 bridgehead atoms. The predicted octanol–water partition coefficient (Wildman–Crippen LogP) is 3.77. The molecule has 0 spiro atoms. The van der Waals surface area contributed by atoms with Crippen LogP contribution < -0.4 is 16.6 Å². The Morgan fingerprint density at radius 3 is 2.58 bits per heavy atom. The van der Waals surface area contributed by atoms with Crippen LogP contribution in [-0.4, -0.2) is 73.1 Å². The first-order valence-corrected chi connectivity index (χ1v) is 18.8. The van der Waals surface area contributed by atoms with E-state index in [0.29, 0.717) is 47.6 Å². The third kappa shape index (κ3) is 6.93. The molecule has 4 saturated carbocycles. The van der Waals surface area contributed by atoms with Gasteiger partial charge in [0.05, 0.1) is 25.1 Å². The van der Waals surface area contributed by atoms with Crippen molar-refractivity contribution in [3.63, 3.8) is 0 Å². The number of nitrogens with one attached hydrogen (secondary N) is 2. The zero-order valence-corrected chi connectivity index (χ0v) is 30.4. The Balaban J connectivity index is 0.967. The molecule has 2 heterocycles. The summed E-state index contributed by atoms with van der Waals surface area (Å²) in [6.45, 7) is 11.1. The number of esters is 1. The van der Waals surface area contributed by atoms with Gasteiger partial charge in [-0.2, -0.15) is 4.98 Å². The lowest BCUT2D eigenvalue weighted by atomic mass is 9.43. The number of aliphatic hydroxyl groups excluding tert-OH is 2. The summed E-state index contributed by atoms with van der Waals surface area (Å²) >= 11 is 0. The Hall–Kier alpha value is -3.03. The predicted molar refractivity (Wildman–Crippen MR) is 187 cm³/mol. The van der Waals surface area contributed by atoms with Gasteiger partial charge in [0.2, 0.25) is 11.9 Å². The van der Waals surface area contributed by atoms with Gasteiger partial charge in [-0.15, -0.1) is 0 Å². The quantitative estimate of drug-likeness (QED) is 0.161. The fourth-order valence-electron chi connectivity index (χ4n) is 11.0. The van der Waals surface area contributed by atoms with Crippen LogP contribution in [0.5, 0.6) is 0 Å². The Morgan fingerprint density at radius 2 is 1.82 bits per heavy atom. The number of fused-ring (bicyclic) bond motifs is 6. The fraction of sp³-hybridized carbons (Fsp3) is 0.811. The van der Waals surface area contributed by atoms with E-state index >= 15 is 0 Å². The van der Waals surface area contributed by atoms with E-state index in [2.05, 4.69) is 41.0 Å². The standard InChI is InChI=1S/C37H58N6O7/c1-20(2)30(34(48)50-15-14-49-19-43-18-39-31-32(43)41-35(38)42-33(31)47)40-28(46)9-6-21(3)24-7-8-25-29-26(11-13-37(24,25)5)36(4)12-10-23(44)16-22(36)17-27(29)45/h18,20-27,29-30,44-45H,6-17,19H2,1-5H3,(H,40,46)(H3,38,41,42,47)/t21?,22?,23-,24?,25?,26?,27?,29?,30?,36?,37?/m1/s1. The molecule has 4 aliphatic carbocycles. The molecule has 1 amide bonds. The van der Waals surface area contributed by atoms with E-state index in [1.165, 1.54) is 10.9 Å². The second-order valence-corrected chi connectivity index (χ2v) is 16.8. The second kappa shape index (κ2) is 14.5. The van der Waals surface area contributed by atoms with Crippen LogP contribution in [0.2, 0.25) is 0 Å². The molecule has 0 radical (unpaired) electrons. The van der Waals surface area contributed by atoms with Gasteiger partial charge in [0.25, 0.3) is 5.56 Å². The maximum atomic E-state index is 13.2. The SMILES string of the molecule is CC(C)C(NC(=O)CCC(C)C1CCC2C3C(O)CC4C[C@H](O)CCC4(C)C3CCC12C)C(=O)OCCOCn1cnc2c(=O)[nH]c(N)nc21. The highest BCUT2D eigenvalue weighted by Crippen LogP contribution is 2.68. The molecule has 50 heavy (non-hydrogen) atoms. The van der Waals surface area contributed by atoms with Crippen molar-refractivity contribution in [1.29, 1.82) is 0 Å². The lowest BCUT2D eigenvalue weighted by molar-refractivity contribution is -0.174. The minimum atomic E-state index is -0.767. The molecule has 11 atom stereocenters. The zero-order chi connectivity index (χ0) is 36.0. The van der Waals surface area contributed by atoms with Crippen molar-refractivity contribution in [2.45, 2.75) is 124 Å². The number of nitrogens with two attached hydrogens (primary N) is 1. The van der Waals surface area contributed by atoms with Gasteiger partial charge in [0, 0.05) is 6.42 Å². The number of anilines is 1. The van der Waals surface area contributed by atoms with E-state index in [9.17, 15) is 24.6 Å². The van der Waals surface area contributed by atoms with Crippen LogP contribution in [0, 0.1) is 52.3 Å². The first kappa shape index (κ1) is 36.8. The summed E-state index contributed by atoms with van der Waals surface area (Å²) in [5, 5.41) is 24.9. The highest BCUT2D eigenvalue weighted by atomic mass is 16.6. The van der Waals surface area contributed by atoms with E-state index in [0.717, 1.165) is 57.8 Å². The van der Waals surface area contributed by atoms with Gasteiger partial charge < -0.3 is 30.7 Å². The lowest BCUT2D eigenvalue weighted by Crippen LogP contribution is -2.58. The van der Waals surface area contributed by atoms with Crippen molar-refractivity contribution < 1.29 is 29.3 Å². The molecule has 6 rings (SSSR count). The Morgan fingerprint density at radius 1 is 1.08 bits per heavy atom. The summed E-state index contributed by atoms with van der Waals surface area (Å²) in [5.41, 5.74) is 6.01. The van der Waals surface area contributed by atoms with Gasteiger partial charge in [0.15, 0.2) is 11.2 Å². The number of amides is 1. The van der Waals surface area contributed by atoms with Crippen molar-refractivity contribution in [3.05, 3.63) is 16.7 Å². The number of carbonyl (C=O) groups is 2. The van der Waals surface area contributed by atoms with Crippen LogP contribution in [0.15, 0.2) is 11.1 Å². The molecule has 0 aromatic carbocycles. The monoisotopic (exact) mass is 698 g/mol. The molecule has 2 aromatic heterocycles. The van der Waals surface area contributed by atoms with Crippen LogP contribution in [0.4, 0.5) is 5.95 Å². The maximum absolute atomic E-state index is 13.2. The van der Waals surface area contributed by atoms with Crippen molar-refractivity contribution in [2.75, 3.05) is 18.9 Å². The van der Waals surface area contributed by atoms with Crippen LogP contribution in [-0.2, 0) is 25.8 Å². The fourth-order valence-corrected chi connectivity index (χ4v) is 11.0. The van der Waals surface area contributed by atoms with E-state index in [1.54, 1.807) is 0 Å². The minimum absolute atomic E-state index is 0.00250. The van der Waals surface area contributed by atoms with Gasteiger partial charge in [-0.05, 0) is 110 Å². The summed E-state index contributed by atoms with van der Waals surface area (Å²) in [7, 11) is 0. The molecular weight excluding hydrogens is 640 g/mol. The van der Waals surface area contributed by atoms with Crippen molar-refractivity contribution >= 4 is 29.0 Å². The number of aliphatic hydroxyl groups is 2. The number of aromatic amines is 1. The molecule has 4 aliphatic rings. The number of nitrogen functional groups attached to an aromatic ring is 1. The lowest BCUT2D eigenvalue weighted by Gasteiger charge is -2.62. The number of hydrogen-bond donors (Lipinski definition) is 5. The van der Waals surface area contributed by atoms with Crippen molar-refractivity contribution in [1.82, 2.24) is 24.8 Å². The van der Waals surface area contributed by atoms with E-state index in [-0.39, 0.29) is 66.3 Å². The first-order chi connectivity index (χ1) is 23.7. The van der Waals surface area contributed by atoms with Gasteiger partial charge in [0.1, 0.15) is 19.4 Å². The molecule has 278 valence electrons. The van der Waals surface area contributed by atoms with E-state index in [4.69, 9.17) is 15.2 Å². The third-order valence-electron chi connectivity index (χ3n) is 13.7. The molecular formula is C37H58N6O7. The topological polar surface area (TPSA) is 195 Å². The number of H-pyrrole nitrogens is 1. The molecule has 0 saturated heterocycles. The summed E-state index contributed by atoms with van der Waals surface area (Å²) < 4.78 is 12.6. The summed E-state index contributed by atoms with van der Waals surface area (Å²) in [6, 6.07) is -0.767. The number of aromatic nitrogens is 4. The summed E-state index contributed by atoms with van der Waals surface area (Å²) in [5.74, 6) is 1.74. The number of nitrogens with zero attached hydrogens (tertiary/aromatic N) is 3. The van der Waals surface area contributed by atoms with E-state index < -0.39 is 17.6 Å². The van der Waals surface area contributed by atoms with Crippen molar-refractivity contribution in [3.8, 4) is 0 Å². The molecule has 0 aliphatic heterocycles. The van der Waals surface area contributed by atoms with Crippen LogP contribution in [0.3, 0.4) is 0 Å².